The second kappa shape index (κ2) is 14.3. The summed E-state index contributed by atoms with van der Waals surface area (Å²) in [6.45, 7) is 3.05. The average molecular weight is 546 g/mol. The number of Topliss-reactive ketones (excluding diaryl/α,β-unsaturated/α-hetero) is 1. The molecule has 3 rings (SSSR count). The number of unbranched alkanes of at least 4 members (excludes halogenated alkanes) is 1. The van der Waals surface area contributed by atoms with Crippen LogP contribution in [0.15, 0.2) is 39.7 Å². The summed E-state index contributed by atoms with van der Waals surface area (Å²) < 4.78 is 21.7. The molecule has 0 aliphatic heterocycles. The van der Waals surface area contributed by atoms with E-state index < -0.39 is 23.0 Å². The van der Waals surface area contributed by atoms with E-state index >= 15 is 0 Å². The van der Waals surface area contributed by atoms with Crippen molar-refractivity contribution in [1.29, 1.82) is 0 Å². The van der Waals surface area contributed by atoms with Crippen molar-refractivity contribution >= 4 is 40.6 Å². The van der Waals surface area contributed by atoms with Crippen LogP contribution in [0.4, 0.5) is 4.79 Å². The van der Waals surface area contributed by atoms with Crippen LogP contribution in [0.25, 0.3) is 22.2 Å². The van der Waals surface area contributed by atoms with Gasteiger partial charge in [-0.15, -0.1) is 5.10 Å². The number of fused-ring (bicyclic) bond motifs is 1. The van der Waals surface area contributed by atoms with Crippen molar-refractivity contribution in [1.82, 2.24) is 15.0 Å². The molecule has 3 aromatic rings. The quantitative estimate of drug-likeness (QED) is 0.166. The van der Waals surface area contributed by atoms with Crippen molar-refractivity contribution in [2.45, 2.75) is 50.8 Å². The smallest absolute Gasteiger partial charge is 0.469 e. The number of rotatable bonds is 14. The van der Waals surface area contributed by atoms with Crippen molar-refractivity contribution in [3.63, 3.8) is 0 Å². The minimum absolute atomic E-state index is 0.0575. The number of benzene rings is 1. The molecule has 0 saturated heterocycles. The zero-order chi connectivity index (χ0) is 27.5. The van der Waals surface area contributed by atoms with Gasteiger partial charge in [-0.2, -0.15) is 11.8 Å². The fourth-order valence-electron chi connectivity index (χ4n) is 3.56. The summed E-state index contributed by atoms with van der Waals surface area (Å²) in [4.78, 5) is 48.3. The number of thioether (sulfide) groups is 1. The molecule has 1 unspecified atom stereocenters. The summed E-state index contributed by atoms with van der Waals surface area (Å²) in [5.74, 6) is -0.731. The number of nitrogens with zero attached hydrogens (tertiary/aromatic N) is 3. The molecule has 0 aliphatic carbocycles. The molecule has 0 aliphatic rings. The number of ether oxygens (including phenoxy) is 3. The summed E-state index contributed by atoms with van der Waals surface area (Å²) >= 11 is 1.24. The van der Waals surface area contributed by atoms with E-state index in [-0.39, 0.29) is 30.8 Å². The highest BCUT2D eigenvalue weighted by Gasteiger charge is 2.23. The molecule has 2 heterocycles. The van der Waals surface area contributed by atoms with E-state index in [1.807, 2.05) is 13.0 Å². The number of aromatic nitrogens is 3. The third-order valence-electron chi connectivity index (χ3n) is 5.70. The Balaban J connectivity index is 1.61. The van der Waals surface area contributed by atoms with E-state index in [1.54, 1.807) is 35.3 Å². The normalized spacial score (nSPS) is 11.8. The van der Waals surface area contributed by atoms with Crippen LogP contribution >= 0.6 is 11.8 Å². The number of methoxy groups -OCH3 is 1. The van der Waals surface area contributed by atoms with Crippen LogP contribution in [0.5, 0.6) is 0 Å². The maximum Gasteiger partial charge on any atom is 0.508 e. The van der Waals surface area contributed by atoms with Crippen molar-refractivity contribution in [2.75, 3.05) is 26.6 Å². The molecule has 0 bridgehead atoms. The predicted octanol–water partition coefficient (Wildman–Crippen LogP) is 3.80. The first-order valence-corrected chi connectivity index (χ1v) is 13.5. The van der Waals surface area contributed by atoms with E-state index in [9.17, 15) is 19.2 Å². The molecule has 0 amide bonds. The molecule has 0 saturated carbocycles. The van der Waals surface area contributed by atoms with E-state index in [4.69, 9.17) is 13.9 Å². The summed E-state index contributed by atoms with van der Waals surface area (Å²) in [6.07, 6.45) is 4.87. The van der Waals surface area contributed by atoms with Gasteiger partial charge in [-0.3, -0.25) is 14.3 Å². The highest BCUT2D eigenvalue weighted by Crippen LogP contribution is 2.23. The third kappa shape index (κ3) is 8.17. The zero-order valence-electron chi connectivity index (χ0n) is 21.6. The lowest BCUT2D eigenvalue weighted by atomic mass is 10.0. The Morgan fingerprint density at radius 2 is 1.89 bits per heavy atom. The van der Waals surface area contributed by atoms with Gasteiger partial charge in [0.2, 0.25) is 0 Å². The Morgan fingerprint density at radius 1 is 1.13 bits per heavy atom. The second-order valence-corrected chi connectivity index (χ2v) is 9.52. The minimum Gasteiger partial charge on any atom is -0.469 e. The number of carbonyl (C=O) groups is 3. The fraction of sp³-hybridized carbons (Fsp3) is 0.462. The Bertz CT molecular complexity index is 1320. The van der Waals surface area contributed by atoms with Crippen LogP contribution in [0.3, 0.4) is 0 Å². The van der Waals surface area contributed by atoms with Gasteiger partial charge in [0.15, 0.2) is 5.78 Å². The number of hydrogen-bond acceptors (Lipinski definition) is 11. The molecule has 0 spiro atoms. The molecule has 11 nitrogen and oxygen atoms in total. The standard InChI is InChI=1S/C26H31N3O8S/c1-4-5-10-35-26(33)36-11-6-9-29-16-20(27-28-29)17-7-8-18-12-19(25(32)37-22(18)14-17)13-21(30)23(38-3)15-24(31)34-2/h7-8,12,14,16,23H,4-6,9-11,13,15H2,1-3H3. The van der Waals surface area contributed by atoms with Gasteiger partial charge in [0.1, 0.15) is 11.3 Å². The summed E-state index contributed by atoms with van der Waals surface area (Å²) in [6, 6.07) is 6.91. The second-order valence-electron chi connectivity index (χ2n) is 8.48. The van der Waals surface area contributed by atoms with Gasteiger partial charge < -0.3 is 18.6 Å². The van der Waals surface area contributed by atoms with Gasteiger partial charge in [0.05, 0.1) is 38.2 Å². The monoisotopic (exact) mass is 545 g/mol. The van der Waals surface area contributed by atoms with Gasteiger partial charge in [0, 0.05) is 35.9 Å². The lowest BCUT2D eigenvalue weighted by molar-refractivity contribution is -0.141. The topological polar surface area (TPSA) is 140 Å². The van der Waals surface area contributed by atoms with Crippen LogP contribution in [0.2, 0.25) is 0 Å². The van der Waals surface area contributed by atoms with Crippen molar-refractivity contribution < 1.29 is 33.0 Å². The maximum atomic E-state index is 12.6. The first-order chi connectivity index (χ1) is 18.3. The molecule has 12 heteroatoms. The summed E-state index contributed by atoms with van der Waals surface area (Å²) in [5.41, 5.74) is 1.25. The van der Waals surface area contributed by atoms with Crippen LogP contribution in [-0.2, 0) is 36.8 Å². The zero-order valence-corrected chi connectivity index (χ0v) is 22.5. The summed E-state index contributed by atoms with van der Waals surface area (Å²) in [5, 5.41) is 8.32. The maximum absolute atomic E-state index is 12.6. The number of ketones is 1. The number of aryl methyl sites for hydroxylation is 1. The average Bonchev–Trinajstić information content (AvgIpc) is 3.38. The van der Waals surface area contributed by atoms with E-state index in [0.29, 0.717) is 41.8 Å². The Morgan fingerprint density at radius 3 is 2.61 bits per heavy atom. The SMILES string of the molecule is CCCCOC(=O)OCCCn1cc(-c2ccc3cc(CC(=O)C(CC(=O)OC)SC)c(=O)oc3c2)nn1. The Hall–Kier alpha value is -3.67. The molecule has 2 aromatic heterocycles. The van der Waals surface area contributed by atoms with Gasteiger partial charge in [-0.05, 0) is 24.8 Å². The van der Waals surface area contributed by atoms with Gasteiger partial charge in [-0.25, -0.2) is 9.59 Å². The van der Waals surface area contributed by atoms with Crippen LogP contribution in [0, 0.1) is 0 Å². The molecule has 204 valence electrons. The lowest BCUT2D eigenvalue weighted by Crippen LogP contribution is -2.25. The first-order valence-electron chi connectivity index (χ1n) is 12.2. The number of esters is 1. The highest BCUT2D eigenvalue weighted by atomic mass is 32.2. The predicted molar refractivity (Wildman–Crippen MR) is 141 cm³/mol. The Labute approximate surface area is 223 Å². The Kier molecular flexibility index (Phi) is 10.9. The number of hydrogen-bond donors (Lipinski definition) is 0. The lowest BCUT2D eigenvalue weighted by Gasteiger charge is -2.11. The van der Waals surface area contributed by atoms with Crippen molar-refractivity contribution in [2.24, 2.45) is 0 Å². The van der Waals surface area contributed by atoms with Crippen molar-refractivity contribution in [3.05, 3.63) is 46.4 Å². The molecule has 0 fully saturated rings. The van der Waals surface area contributed by atoms with E-state index in [0.717, 1.165) is 12.8 Å². The fourth-order valence-corrected chi connectivity index (χ4v) is 4.21. The molecular weight excluding hydrogens is 514 g/mol. The van der Waals surface area contributed by atoms with E-state index in [1.165, 1.54) is 18.9 Å². The summed E-state index contributed by atoms with van der Waals surface area (Å²) in [7, 11) is 1.27. The van der Waals surface area contributed by atoms with Crippen molar-refractivity contribution in [3.8, 4) is 11.3 Å². The van der Waals surface area contributed by atoms with Gasteiger partial charge in [-0.1, -0.05) is 30.7 Å². The molecule has 1 atom stereocenters. The number of carbonyl (C=O) groups excluding carboxylic acids is 3. The molecule has 0 radical (unpaired) electrons. The van der Waals surface area contributed by atoms with Gasteiger partial charge >= 0.3 is 17.8 Å². The largest absolute Gasteiger partial charge is 0.508 e. The molecule has 1 aromatic carbocycles. The molecule has 0 N–H and O–H groups in total. The van der Waals surface area contributed by atoms with Gasteiger partial charge in [0.25, 0.3) is 0 Å². The van der Waals surface area contributed by atoms with Crippen LogP contribution in [-0.4, -0.2) is 64.7 Å². The third-order valence-corrected chi connectivity index (χ3v) is 6.70. The van der Waals surface area contributed by atoms with Crippen LogP contribution < -0.4 is 5.63 Å². The first kappa shape index (κ1) is 28.9. The molecule has 38 heavy (non-hydrogen) atoms. The minimum atomic E-state index is -0.673. The van der Waals surface area contributed by atoms with E-state index in [2.05, 4.69) is 15.0 Å². The van der Waals surface area contributed by atoms with Crippen LogP contribution in [0.1, 0.15) is 38.2 Å². The molecular formula is C26H31N3O8S. The highest BCUT2D eigenvalue weighted by molar-refractivity contribution is 7.99.